The van der Waals surface area contributed by atoms with E-state index in [0.29, 0.717) is 29.2 Å². The molecule has 0 unspecified atom stereocenters. The molecule has 1 heterocycles. The highest BCUT2D eigenvalue weighted by atomic mass is 35.5. The predicted octanol–water partition coefficient (Wildman–Crippen LogP) is 4.44. The van der Waals surface area contributed by atoms with Crippen molar-refractivity contribution in [3.63, 3.8) is 0 Å². The van der Waals surface area contributed by atoms with E-state index in [4.69, 9.17) is 11.6 Å². The molecule has 0 atom stereocenters. The highest BCUT2D eigenvalue weighted by Crippen LogP contribution is 2.34. The second-order valence-corrected chi connectivity index (χ2v) is 8.71. The van der Waals surface area contributed by atoms with Crippen LogP contribution in [-0.2, 0) is 0 Å². The Hall–Kier alpha value is -1.85. The van der Waals surface area contributed by atoms with E-state index in [1.54, 1.807) is 12.3 Å². The summed E-state index contributed by atoms with van der Waals surface area (Å²) in [6.07, 6.45) is 9.32. The molecule has 29 heavy (non-hydrogen) atoms. The van der Waals surface area contributed by atoms with E-state index < -0.39 is 0 Å². The molecule has 0 radical (unpaired) electrons. The number of benzene rings is 1. The van der Waals surface area contributed by atoms with Crippen LogP contribution in [-0.4, -0.2) is 55.8 Å². The third-order valence-electron chi connectivity index (χ3n) is 6.25. The van der Waals surface area contributed by atoms with Crippen molar-refractivity contribution < 1.29 is 4.79 Å². The number of rotatable bonds is 7. The molecule has 5 nitrogen and oxygen atoms in total. The topological polar surface area (TPSA) is 47.9 Å². The number of nitrogens with zero attached hydrogens (tertiary/aromatic N) is 3. The fourth-order valence-electron chi connectivity index (χ4n) is 4.51. The Balaban J connectivity index is 1.76. The monoisotopic (exact) mass is 416 g/mol. The Kier molecular flexibility index (Phi) is 7.36. The van der Waals surface area contributed by atoms with Gasteiger partial charge in [-0.1, -0.05) is 17.7 Å². The highest BCUT2D eigenvalue weighted by Gasteiger charge is 2.28. The molecule has 0 aromatic heterocycles. The third kappa shape index (κ3) is 5.20. The number of allylic oxidation sites excluding steroid dienone is 1. The number of anilines is 1. The molecule has 1 saturated carbocycles. The first-order valence-corrected chi connectivity index (χ1v) is 11.0. The van der Waals surface area contributed by atoms with Crippen molar-refractivity contribution in [2.75, 3.05) is 32.1 Å². The number of hydrogen-bond acceptors (Lipinski definition) is 4. The fraction of sp³-hybridized carbons (Fsp3) is 0.565. The highest BCUT2D eigenvalue weighted by molar-refractivity contribution is 6.31. The van der Waals surface area contributed by atoms with Crippen LogP contribution in [0.1, 0.15) is 54.9 Å². The Bertz CT molecular complexity index is 794. The maximum atomic E-state index is 12.9. The smallest absolute Gasteiger partial charge is 0.251 e. The summed E-state index contributed by atoms with van der Waals surface area (Å²) in [6.45, 7) is 5.59. The summed E-state index contributed by atoms with van der Waals surface area (Å²) in [6, 6.07) is 4.95. The van der Waals surface area contributed by atoms with E-state index in [1.165, 1.54) is 12.8 Å². The molecule has 6 heteroatoms. The minimum absolute atomic E-state index is 0.0896. The van der Waals surface area contributed by atoms with Gasteiger partial charge in [0.15, 0.2) is 0 Å². The van der Waals surface area contributed by atoms with Gasteiger partial charge in [-0.15, -0.1) is 0 Å². The lowest BCUT2D eigenvalue weighted by Crippen LogP contribution is -2.42. The molecular formula is C23H33ClN4O. The number of amides is 1. The van der Waals surface area contributed by atoms with E-state index in [2.05, 4.69) is 41.1 Å². The zero-order valence-electron chi connectivity index (χ0n) is 18.0. The van der Waals surface area contributed by atoms with Crippen molar-refractivity contribution in [2.45, 2.75) is 58.0 Å². The van der Waals surface area contributed by atoms with Crippen molar-refractivity contribution in [1.82, 2.24) is 10.2 Å². The van der Waals surface area contributed by atoms with Crippen LogP contribution in [0.5, 0.6) is 0 Å². The van der Waals surface area contributed by atoms with Gasteiger partial charge >= 0.3 is 0 Å². The molecular weight excluding hydrogens is 384 g/mol. The van der Waals surface area contributed by atoms with Gasteiger partial charge in [0.2, 0.25) is 0 Å². The van der Waals surface area contributed by atoms with Crippen LogP contribution in [0.15, 0.2) is 29.4 Å². The van der Waals surface area contributed by atoms with Crippen LogP contribution < -0.4 is 10.2 Å². The molecule has 1 fully saturated rings. The summed E-state index contributed by atoms with van der Waals surface area (Å²) in [5.74, 6) is -0.0896. The van der Waals surface area contributed by atoms with Gasteiger partial charge in [0.05, 0.1) is 6.54 Å². The minimum atomic E-state index is -0.0896. The number of carbonyl (C=O) groups is 1. The fourth-order valence-corrected chi connectivity index (χ4v) is 4.72. The van der Waals surface area contributed by atoms with Gasteiger partial charge in [-0.2, -0.15) is 0 Å². The summed E-state index contributed by atoms with van der Waals surface area (Å²) < 4.78 is 0. The normalized spacial score (nSPS) is 21.4. The van der Waals surface area contributed by atoms with Crippen molar-refractivity contribution >= 4 is 28.9 Å². The zero-order valence-corrected chi connectivity index (χ0v) is 18.8. The van der Waals surface area contributed by atoms with E-state index in [0.717, 1.165) is 42.8 Å². The van der Waals surface area contributed by atoms with Crippen LogP contribution in [0.25, 0.3) is 0 Å². The second kappa shape index (κ2) is 9.77. The van der Waals surface area contributed by atoms with Gasteiger partial charge in [-0.05, 0) is 71.3 Å². The average Bonchev–Trinajstić information content (AvgIpc) is 3.23. The van der Waals surface area contributed by atoms with E-state index in [1.807, 2.05) is 19.1 Å². The van der Waals surface area contributed by atoms with Crippen molar-refractivity contribution in [1.29, 1.82) is 0 Å². The summed E-state index contributed by atoms with van der Waals surface area (Å²) in [7, 11) is 4.34. The van der Waals surface area contributed by atoms with E-state index in [-0.39, 0.29) is 5.91 Å². The van der Waals surface area contributed by atoms with Crippen molar-refractivity contribution in [2.24, 2.45) is 4.99 Å². The lowest BCUT2D eigenvalue weighted by molar-refractivity contribution is 0.0958. The Morgan fingerprint density at radius 3 is 2.48 bits per heavy atom. The molecule has 158 valence electrons. The van der Waals surface area contributed by atoms with Crippen LogP contribution >= 0.6 is 11.6 Å². The maximum absolute atomic E-state index is 12.9. The van der Waals surface area contributed by atoms with Crippen molar-refractivity contribution in [3.8, 4) is 0 Å². The summed E-state index contributed by atoms with van der Waals surface area (Å²) in [5.41, 5.74) is 3.71. The van der Waals surface area contributed by atoms with Crippen LogP contribution in [0.4, 0.5) is 5.69 Å². The van der Waals surface area contributed by atoms with Gasteiger partial charge in [-0.3, -0.25) is 9.79 Å². The maximum Gasteiger partial charge on any atom is 0.251 e. The summed E-state index contributed by atoms with van der Waals surface area (Å²) in [5, 5.41) is 3.61. The molecule has 3 rings (SSSR count). The minimum Gasteiger partial charge on any atom is -0.369 e. The molecule has 0 saturated heterocycles. The second-order valence-electron chi connectivity index (χ2n) is 8.28. The quantitative estimate of drug-likeness (QED) is 0.714. The number of aliphatic imine (C=N–C) groups is 1. The molecule has 1 amide bonds. The number of hydrogen-bond donors (Lipinski definition) is 1. The lowest BCUT2D eigenvalue weighted by Gasteiger charge is -2.40. The first-order valence-electron chi connectivity index (χ1n) is 10.6. The van der Waals surface area contributed by atoms with Gasteiger partial charge < -0.3 is 15.1 Å². The van der Waals surface area contributed by atoms with Crippen molar-refractivity contribution in [3.05, 3.63) is 40.6 Å². The van der Waals surface area contributed by atoms with Gasteiger partial charge in [0.25, 0.3) is 5.91 Å². The molecule has 1 aromatic rings. The molecule has 0 spiro atoms. The Morgan fingerprint density at radius 1 is 1.21 bits per heavy atom. The van der Waals surface area contributed by atoms with Crippen LogP contribution in [0.2, 0.25) is 5.02 Å². The van der Waals surface area contributed by atoms with E-state index in [9.17, 15) is 4.79 Å². The molecule has 2 aliphatic rings. The number of carbonyl (C=O) groups excluding carboxylic acids is 1. The molecule has 1 aliphatic heterocycles. The van der Waals surface area contributed by atoms with Crippen LogP contribution in [0, 0.1) is 6.92 Å². The first kappa shape index (κ1) is 21.8. The zero-order chi connectivity index (χ0) is 21.0. The molecule has 1 N–H and O–H groups in total. The van der Waals surface area contributed by atoms with Crippen LogP contribution in [0.3, 0.4) is 0 Å². The third-order valence-corrected chi connectivity index (χ3v) is 6.46. The molecule has 0 bridgehead atoms. The Morgan fingerprint density at radius 2 is 1.90 bits per heavy atom. The molecule has 1 aromatic carbocycles. The lowest BCUT2D eigenvalue weighted by atomic mass is 9.89. The number of nitrogens with one attached hydrogen (secondary N) is 1. The average molecular weight is 417 g/mol. The Labute approximate surface area is 179 Å². The van der Waals surface area contributed by atoms with Gasteiger partial charge in [0.1, 0.15) is 0 Å². The molecule has 1 aliphatic carbocycles. The standard InChI is InChI=1S/C23H33ClN4O/c1-5-28(20-10-8-19(9-11-20)27(3)4)22-14-17(24)13-21(16(22)2)23(29)26-15-18-7-6-12-25-18/h6,12-14,19-20H,5,7-11,15H2,1-4H3,(H,26,29). The summed E-state index contributed by atoms with van der Waals surface area (Å²) >= 11 is 6.45. The predicted molar refractivity (Wildman–Crippen MR) is 122 cm³/mol. The first-order chi connectivity index (χ1) is 13.9. The van der Waals surface area contributed by atoms with E-state index >= 15 is 0 Å². The largest absolute Gasteiger partial charge is 0.369 e. The number of halogens is 1. The summed E-state index contributed by atoms with van der Waals surface area (Å²) in [4.78, 5) is 21.9. The van der Waals surface area contributed by atoms with Gasteiger partial charge in [0, 0.05) is 53.2 Å². The van der Waals surface area contributed by atoms with Gasteiger partial charge in [-0.25, -0.2) is 0 Å². The SMILES string of the molecule is CCN(c1cc(Cl)cc(C(=O)NCC2=NC=CC2)c1C)C1CCC(N(C)C)CC1.